The van der Waals surface area contributed by atoms with E-state index in [1.165, 1.54) is 0 Å². The predicted molar refractivity (Wildman–Crippen MR) is 56.7 cm³/mol. The Bertz CT molecular complexity index is 415. The maximum absolute atomic E-state index is 11.5. The summed E-state index contributed by atoms with van der Waals surface area (Å²) in [5, 5.41) is 8.90. The molecule has 0 amide bonds. The summed E-state index contributed by atoms with van der Waals surface area (Å²) in [5.41, 5.74) is 0.702. The molecule has 1 heterocycles. The Morgan fingerprint density at radius 1 is 1.69 bits per heavy atom. The van der Waals surface area contributed by atoms with Crippen LogP contribution in [0.25, 0.3) is 0 Å². The maximum Gasteiger partial charge on any atom is 0.331 e. The first-order chi connectivity index (χ1) is 7.45. The van der Waals surface area contributed by atoms with Gasteiger partial charge in [-0.2, -0.15) is 0 Å². The molecule has 1 saturated heterocycles. The van der Waals surface area contributed by atoms with Crippen LogP contribution in [-0.4, -0.2) is 23.1 Å². The lowest BCUT2D eigenvalue weighted by Crippen LogP contribution is -2.52. The van der Waals surface area contributed by atoms with E-state index < -0.39 is 11.4 Å². The minimum atomic E-state index is -0.956. The topological polar surface area (TPSA) is 63.6 Å². The van der Waals surface area contributed by atoms with E-state index in [9.17, 15) is 9.59 Å². The number of hydrogen-bond acceptors (Lipinski definition) is 3. The van der Waals surface area contributed by atoms with Gasteiger partial charge in [0.1, 0.15) is 11.5 Å². The summed E-state index contributed by atoms with van der Waals surface area (Å²) >= 11 is 0. The Kier molecular flexibility index (Phi) is 2.37. The van der Waals surface area contributed by atoms with Crippen LogP contribution in [0.3, 0.4) is 0 Å². The quantitative estimate of drug-likeness (QED) is 0.582. The molecule has 0 spiro atoms. The lowest BCUT2D eigenvalue weighted by molar-refractivity contribution is -0.194. The van der Waals surface area contributed by atoms with Gasteiger partial charge in [-0.25, -0.2) is 4.79 Å². The first-order valence-electron chi connectivity index (χ1n) is 5.25. The molecule has 0 aromatic rings. The fourth-order valence-electron chi connectivity index (χ4n) is 2.16. The molecule has 0 bridgehead atoms. The average Bonchev–Trinajstić information content (AvgIpc) is 2.49. The van der Waals surface area contributed by atoms with Gasteiger partial charge in [-0.1, -0.05) is 17.7 Å². The normalized spacial score (nSPS) is 31.0. The van der Waals surface area contributed by atoms with Crippen LogP contribution in [0.2, 0.25) is 0 Å². The van der Waals surface area contributed by atoms with E-state index in [4.69, 9.17) is 9.84 Å². The van der Waals surface area contributed by atoms with Crippen molar-refractivity contribution < 1.29 is 19.4 Å². The summed E-state index contributed by atoms with van der Waals surface area (Å²) in [7, 11) is 0. The molecule has 0 saturated carbocycles. The van der Waals surface area contributed by atoms with Gasteiger partial charge < -0.3 is 9.84 Å². The van der Waals surface area contributed by atoms with Crippen molar-refractivity contribution in [2.24, 2.45) is 5.41 Å². The molecule has 2 aliphatic rings. The van der Waals surface area contributed by atoms with E-state index in [1.54, 1.807) is 6.08 Å². The summed E-state index contributed by atoms with van der Waals surface area (Å²) in [5.74, 6) is -1.26. The number of hydrogen-bond donors (Lipinski definition) is 1. The lowest BCUT2D eigenvalue weighted by atomic mass is 9.77. The van der Waals surface area contributed by atoms with Crippen LogP contribution in [0.5, 0.6) is 0 Å². The molecular formula is C12H14O4. The molecule has 0 radical (unpaired) electrons. The second-order valence-electron chi connectivity index (χ2n) is 4.60. The molecule has 2 rings (SSSR count). The molecular weight excluding hydrogens is 208 g/mol. The molecule has 0 aromatic carbocycles. The minimum absolute atomic E-state index is 0.276. The summed E-state index contributed by atoms with van der Waals surface area (Å²) in [6, 6.07) is 0. The first-order valence-corrected chi connectivity index (χ1v) is 5.25. The van der Waals surface area contributed by atoms with Gasteiger partial charge in [0.05, 0.1) is 0 Å². The summed E-state index contributed by atoms with van der Waals surface area (Å²) in [4.78, 5) is 22.4. The monoisotopic (exact) mass is 222 g/mol. The zero-order valence-corrected chi connectivity index (χ0v) is 9.32. The van der Waals surface area contributed by atoms with Crippen molar-refractivity contribution in [2.45, 2.75) is 32.8 Å². The highest BCUT2D eigenvalue weighted by Crippen LogP contribution is 2.50. The molecule has 2 unspecified atom stereocenters. The Morgan fingerprint density at radius 2 is 2.38 bits per heavy atom. The van der Waals surface area contributed by atoms with E-state index in [-0.39, 0.29) is 17.6 Å². The molecule has 16 heavy (non-hydrogen) atoms. The van der Waals surface area contributed by atoms with Crippen LogP contribution in [-0.2, 0) is 14.3 Å². The van der Waals surface area contributed by atoms with E-state index in [0.29, 0.717) is 12.8 Å². The van der Waals surface area contributed by atoms with Crippen molar-refractivity contribution >= 4 is 11.9 Å². The van der Waals surface area contributed by atoms with Crippen molar-refractivity contribution in [3.05, 3.63) is 23.3 Å². The Labute approximate surface area is 93.6 Å². The largest absolute Gasteiger partial charge is 0.478 e. The summed E-state index contributed by atoms with van der Waals surface area (Å²) < 4.78 is 5.00. The number of carbonyl (C=O) groups is 2. The molecule has 1 aliphatic heterocycles. The van der Waals surface area contributed by atoms with Gasteiger partial charge in [0.15, 0.2) is 0 Å². The molecule has 86 valence electrons. The van der Waals surface area contributed by atoms with Crippen LogP contribution in [0.4, 0.5) is 0 Å². The van der Waals surface area contributed by atoms with Crippen LogP contribution in [0, 0.1) is 5.41 Å². The van der Waals surface area contributed by atoms with Crippen molar-refractivity contribution in [3.63, 3.8) is 0 Å². The molecule has 1 aliphatic carbocycles. The number of carbonyl (C=O) groups excluding carboxylic acids is 1. The minimum Gasteiger partial charge on any atom is -0.478 e. The van der Waals surface area contributed by atoms with E-state index >= 15 is 0 Å². The lowest BCUT2D eigenvalue weighted by Gasteiger charge is -2.41. The third-order valence-electron chi connectivity index (χ3n) is 3.16. The molecule has 4 nitrogen and oxygen atoms in total. The molecule has 4 heteroatoms. The number of ether oxygens (including phenoxy) is 1. The van der Waals surface area contributed by atoms with Crippen molar-refractivity contribution in [1.29, 1.82) is 0 Å². The van der Waals surface area contributed by atoms with E-state index in [2.05, 4.69) is 0 Å². The summed E-state index contributed by atoms with van der Waals surface area (Å²) in [6.45, 7) is 3.90. The van der Waals surface area contributed by atoms with Crippen LogP contribution in [0.1, 0.15) is 26.7 Å². The number of fused-ring (bicyclic) bond motifs is 1. The van der Waals surface area contributed by atoms with Crippen molar-refractivity contribution in [2.75, 3.05) is 0 Å². The number of carboxylic acid groups (broad SMARTS) is 1. The second kappa shape index (κ2) is 3.47. The highest BCUT2D eigenvalue weighted by molar-refractivity contribution is 5.94. The van der Waals surface area contributed by atoms with Gasteiger partial charge in [0, 0.05) is 12.0 Å². The van der Waals surface area contributed by atoms with Crippen molar-refractivity contribution in [3.8, 4) is 0 Å². The fourth-order valence-corrected chi connectivity index (χ4v) is 2.16. The summed E-state index contributed by atoms with van der Waals surface area (Å²) in [6.07, 6.45) is 4.12. The van der Waals surface area contributed by atoms with E-state index in [1.807, 2.05) is 19.9 Å². The molecule has 2 atom stereocenters. The van der Waals surface area contributed by atoms with Gasteiger partial charge in [-0.05, 0) is 20.3 Å². The van der Waals surface area contributed by atoms with Gasteiger partial charge in [-0.3, -0.25) is 4.79 Å². The SMILES string of the molecule is CC(C)=CCC12C=C(C(=O)O)CC1OC2=O. The van der Waals surface area contributed by atoms with Crippen molar-refractivity contribution in [1.82, 2.24) is 0 Å². The van der Waals surface area contributed by atoms with Gasteiger partial charge >= 0.3 is 11.9 Å². The predicted octanol–water partition coefficient (Wildman–Crippen LogP) is 1.67. The van der Waals surface area contributed by atoms with Crippen LogP contribution >= 0.6 is 0 Å². The Hall–Kier alpha value is -1.58. The second-order valence-corrected chi connectivity index (χ2v) is 4.60. The smallest absolute Gasteiger partial charge is 0.331 e. The van der Waals surface area contributed by atoms with E-state index in [0.717, 1.165) is 5.57 Å². The molecule has 0 aromatic heterocycles. The number of allylic oxidation sites excluding steroid dienone is 2. The average molecular weight is 222 g/mol. The number of rotatable bonds is 3. The highest BCUT2D eigenvalue weighted by atomic mass is 16.6. The third-order valence-corrected chi connectivity index (χ3v) is 3.16. The van der Waals surface area contributed by atoms with Gasteiger partial charge in [0.25, 0.3) is 0 Å². The Morgan fingerprint density at radius 3 is 2.88 bits per heavy atom. The molecule has 1 N–H and O–H groups in total. The van der Waals surface area contributed by atoms with Crippen LogP contribution in [0.15, 0.2) is 23.3 Å². The fraction of sp³-hybridized carbons (Fsp3) is 0.500. The standard InChI is InChI=1S/C12H14O4/c1-7(2)3-4-12-6-8(10(13)14)5-9(12)16-11(12)15/h3,6,9H,4-5H2,1-2H3,(H,13,14). The third kappa shape index (κ3) is 1.45. The maximum atomic E-state index is 11.5. The number of esters is 1. The highest BCUT2D eigenvalue weighted by Gasteiger charge is 2.59. The van der Waals surface area contributed by atoms with Gasteiger partial charge in [-0.15, -0.1) is 0 Å². The number of aliphatic carboxylic acids is 1. The van der Waals surface area contributed by atoms with Gasteiger partial charge in [0.2, 0.25) is 0 Å². The number of carboxylic acids is 1. The first kappa shape index (κ1) is 10.9. The van der Waals surface area contributed by atoms with Crippen LogP contribution < -0.4 is 0 Å². The molecule has 1 fully saturated rings. The zero-order valence-electron chi connectivity index (χ0n) is 9.32. The Balaban J connectivity index is 2.26. The zero-order chi connectivity index (χ0) is 11.9.